The van der Waals surface area contributed by atoms with Crippen molar-refractivity contribution in [3.63, 3.8) is 0 Å². The van der Waals surface area contributed by atoms with E-state index in [0.717, 1.165) is 0 Å². The number of methoxy groups -OCH3 is 1. The monoisotopic (exact) mass is 408 g/mol. The van der Waals surface area contributed by atoms with E-state index in [1.165, 1.54) is 54.5 Å². The summed E-state index contributed by atoms with van der Waals surface area (Å²) in [5.74, 6) is -1.49. The molecule has 0 unspecified atom stereocenters. The Hall–Kier alpha value is -3.74. The summed E-state index contributed by atoms with van der Waals surface area (Å²) >= 11 is 0. The zero-order valence-electron chi connectivity index (χ0n) is 16.1. The smallest absolute Gasteiger partial charge is 0.258 e. The van der Waals surface area contributed by atoms with Gasteiger partial charge in [0.05, 0.1) is 18.7 Å². The van der Waals surface area contributed by atoms with E-state index in [0.29, 0.717) is 22.6 Å². The third-order valence-corrected chi connectivity index (χ3v) is 4.99. The van der Waals surface area contributed by atoms with Crippen molar-refractivity contribution >= 4 is 17.5 Å². The van der Waals surface area contributed by atoms with Crippen LogP contribution in [0.2, 0.25) is 0 Å². The van der Waals surface area contributed by atoms with E-state index >= 15 is 0 Å². The van der Waals surface area contributed by atoms with Gasteiger partial charge in [0, 0.05) is 11.3 Å². The van der Waals surface area contributed by atoms with Crippen molar-refractivity contribution in [3.8, 4) is 5.75 Å². The number of amides is 2. The second-order valence-electron chi connectivity index (χ2n) is 6.87. The summed E-state index contributed by atoms with van der Waals surface area (Å²) in [5.41, 5.74) is 1.60. The lowest BCUT2D eigenvalue weighted by atomic mass is 9.95. The molecule has 1 aliphatic rings. The van der Waals surface area contributed by atoms with E-state index in [1.807, 2.05) is 0 Å². The lowest BCUT2D eigenvalue weighted by molar-refractivity contribution is -0.117. The molecule has 3 aromatic carbocycles. The van der Waals surface area contributed by atoms with Crippen molar-refractivity contribution in [2.24, 2.45) is 0 Å². The van der Waals surface area contributed by atoms with Crippen molar-refractivity contribution in [2.75, 3.05) is 19.0 Å². The zero-order chi connectivity index (χ0) is 21.3. The Morgan fingerprint density at radius 1 is 1.03 bits per heavy atom. The van der Waals surface area contributed by atoms with Crippen LogP contribution < -0.4 is 10.1 Å². The highest BCUT2D eigenvalue weighted by atomic mass is 19.1. The average Bonchev–Trinajstić information content (AvgIpc) is 2.89. The second-order valence-corrected chi connectivity index (χ2v) is 6.87. The van der Waals surface area contributed by atoms with Gasteiger partial charge in [0.2, 0.25) is 5.91 Å². The predicted molar refractivity (Wildman–Crippen MR) is 107 cm³/mol. The standard InChI is InChI=1S/C23H18F2N2O3/c1-30-20-5-3-2-4-17(20)23(29)27-13-21(28)26-19-11-10-16(25)12-18(19)22(27)14-6-8-15(24)9-7-14/h2-12,22H,13H2,1H3,(H,26,28)/t22-/m1/s1. The first kappa shape index (κ1) is 19.6. The number of anilines is 1. The van der Waals surface area contributed by atoms with Gasteiger partial charge in [-0.1, -0.05) is 24.3 Å². The van der Waals surface area contributed by atoms with Crippen LogP contribution in [0.1, 0.15) is 27.5 Å². The summed E-state index contributed by atoms with van der Waals surface area (Å²) in [6.07, 6.45) is 0. The van der Waals surface area contributed by atoms with Gasteiger partial charge in [-0.15, -0.1) is 0 Å². The molecule has 1 atom stereocenters. The maximum absolute atomic E-state index is 14.2. The van der Waals surface area contributed by atoms with Gasteiger partial charge >= 0.3 is 0 Å². The molecule has 0 saturated heterocycles. The summed E-state index contributed by atoms with van der Waals surface area (Å²) in [6.45, 7) is -0.269. The van der Waals surface area contributed by atoms with Crippen LogP contribution in [0.4, 0.5) is 14.5 Å². The lowest BCUT2D eigenvalue weighted by Gasteiger charge is -2.31. The number of halogens is 2. The van der Waals surface area contributed by atoms with E-state index in [-0.39, 0.29) is 12.1 Å². The third kappa shape index (κ3) is 3.61. The molecule has 4 rings (SSSR count). The van der Waals surface area contributed by atoms with Crippen LogP contribution in [0.3, 0.4) is 0 Å². The van der Waals surface area contributed by atoms with Crippen molar-refractivity contribution in [2.45, 2.75) is 6.04 Å². The molecular weight excluding hydrogens is 390 g/mol. The molecule has 2 amide bonds. The highest BCUT2D eigenvalue weighted by molar-refractivity contribution is 6.02. The molecule has 152 valence electrons. The van der Waals surface area contributed by atoms with Gasteiger partial charge in [0.15, 0.2) is 0 Å². The molecule has 3 aromatic rings. The molecule has 0 saturated carbocycles. The van der Waals surface area contributed by atoms with Gasteiger partial charge in [0.25, 0.3) is 5.91 Å². The van der Waals surface area contributed by atoms with Crippen LogP contribution in [0.25, 0.3) is 0 Å². The van der Waals surface area contributed by atoms with Crippen LogP contribution in [0.5, 0.6) is 5.75 Å². The fourth-order valence-electron chi connectivity index (χ4n) is 3.65. The topological polar surface area (TPSA) is 58.6 Å². The number of carbonyl (C=O) groups is 2. The Kier molecular flexibility index (Phi) is 5.18. The largest absolute Gasteiger partial charge is 0.496 e. The molecule has 1 N–H and O–H groups in total. The van der Waals surface area contributed by atoms with E-state index in [2.05, 4.69) is 5.32 Å². The highest BCUT2D eigenvalue weighted by Crippen LogP contribution is 2.37. The molecule has 5 nitrogen and oxygen atoms in total. The van der Waals surface area contributed by atoms with Gasteiger partial charge in [-0.3, -0.25) is 9.59 Å². The number of nitrogens with zero attached hydrogens (tertiary/aromatic N) is 1. The second kappa shape index (κ2) is 7.94. The summed E-state index contributed by atoms with van der Waals surface area (Å²) in [6, 6.07) is 15.4. The van der Waals surface area contributed by atoms with Crippen LogP contribution in [-0.2, 0) is 4.79 Å². The fourth-order valence-corrected chi connectivity index (χ4v) is 3.65. The maximum atomic E-state index is 14.2. The number of carbonyl (C=O) groups excluding carboxylic acids is 2. The number of rotatable bonds is 3. The summed E-state index contributed by atoms with van der Waals surface area (Å²) < 4.78 is 33.0. The molecule has 0 bridgehead atoms. The van der Waals surface area contributed by atoms with Gasteiger partial charge < -0.3 is 15.0 Å². The predicted octanol–water partition coefficient (Wildman–Crippen LogP) is 4.16. The highest BCUT2D eigenvalue weighted by Gasteiger charge is 2.35. The molecular formula is C23H18F2N2O3. The number of fused-ring (bicyclic) bond motifs is 1. The number of benzene rings is 3. The Bertz CT molecular complexity index is 1120. The number of hydrogen-bond acceptors (Lipinski definition) is 3. The minimum absolute atomic E-state index is 0.264. The Morgan fingerprint density at radius 2 is 1.73 bits per heavy atom. The first-order valence-electron chi connectivity index (χ1n) is 9.26. The molecule has 1 heterocycles. The molecule has 0 spiro atoms. The van der Waals surface area contributed by atoms with E-state index in [1.54, 1.807) is 24.3 Å². The molecule has 30 heavy (non-hydrogen) atoms. The first-order valence-corrected chi connectivity index (χ1v) is 9.26. The Balaban J connectivity index is 1.91. The number of ether oxygens (including phenoxy) is 1. The quantitative estimate of drug-likeness (QED) is 0.708. The van der Waals surface area contributed by atoms with Gasteiger partial charge in [-0.05, 0) is 48.0 Å². The van der Waals surface area contributed by atoms with Crippen LogP contribution in [0.15, 0.2) is 66.7 Å². The van der Waals surface area contributed by atoms with Crippen molar-refractivity contribution in [1.29, 1.82) is 0 Å². The summed E-state index contributed by atoms with van der Waals surface area (Å²) in [7, 11) is 1.45. The Labute approximate surface area is 171 Å². The average molecular weight is 408 g/mol. The number of hydrogen-bond donors (Lipinski definition) is 1. The van der Waals surface area contributed by atoms with E-state index in [9.17, 15) is 18.4 Å². The molecule has 1 aliphatic heterocycles. The molecule has 0 aliphatic carbocycles. The SMILES string of the molecule is COc1ccccc1C(=O)N1CC(=O)Nc2ccc(F)cc2[C@H]1c1ccc(F)cc1. The van der Waals surface area contributed by atoms with Crippen LogP contribution in [0, 0.1) is 11.6 Å². The summed E-state index contributed by atoms with van der Waals surface area (Å²) in [5, 5.41) is 2.72. The van der Waals surface area contributed by atoms with Gasteiger partial charge in [-0.2, -0.15) is 0 Å². The maximum Gasteiger partial charge on any atom is 0.258 e. The molecule has 0 radical (unpaired) electrons. The normalized spacial score (nSPS) is 15.8. The molecule has 0 aromatic heterocycles. The molecule has 7 heteroatoms. The van der Waals surface area contributed by atoms with E-state index in [4.69, 9.17) is 4.74 Å². The lowest BCUT2D eigenvalue weighted by Crippen LogP contribution is -2.39. The van der Waals surface area contributed by atoms with Gasteiger partial charge in [-0.25, -0.2) is 8.78 Å². The minimum Gasteiger partial charge on any atom is -0.496 e. The Morgan fingerprint density at radius 3 is 2.47 bits per heavy atom. The van der Waals surface area contributed by atoms with Gasteiger partial charge in [0.1, 0.15) is 23.9 Å². The number of para-hydroxylation sites is 1. The van der Waals surface area contributed by atoms with Crippen LogP contribution >= 0.6 is 0 Å². The zero-order valence-corrected chi connectivity index (χ0v) is 16.1. The number of nitrogens with one attached hydrogen (secondary N) is 1. The van der Waals surface area contributed by atoms with Crippen LogP contribution in [-0.4, -0.2) is 30.4 Å². The minimum atomic E-state index is -0.812. The fraction of sp³-hybridized carbons (Fsp3) is 0.130. The van der Waals surface area contributed by atoms with E-state index < -0.39 is 29.5 Å². The van der Waals surface area contributed by atoms with Crippen molar-refractivity contribution in [1.82, 2.24) is 4.90 Å². The summed E-state index contributed by atoms with van der Waals surface area (Å²) in [4.78, 5) is 27.4. The first-order chi connectivity index (χ1) is 14.5. The third-order valence-electron chi connectivity index (χ3n) is 4.99. The molecule has 0 fully saturated rings. The van der Waals surface area contributed by atoms with Crippen molar-refractivity contribution in [3.05, 3.63) is 95.1 Å². The van der Waals surface area contributed by atoms with Crippen molar-refractivity contribution < 1.29 is 23.1 Å².